The van der Waals surface area contributed by atoms with Gasteiger partial charge in [-0.15, -0.1) is 0 Å². The zero-order valence-corrected chi connectivity index (χ0v) is 13.8. The monoisotopic (exact) mass is 330 g/mol. The van der Waals surface area contributed by atoms with Crippen molar-refractivity contribution in [3.8, 4) is 0 Å². The molecule has 2 aromatic carbocycles. The van der Waals surface area contributed by atoms with Crippen LogP contribution in [0, 0.1) is 24.0 Å². The van der Waals surface area contributed by atoms with E-state index in [4.69, 9.17) is 0 Å². The van der Waals surface area contributed by atoms with Gasteiger partial charge in [-0.1, -0.05) is 29.3 Å². The number of hydrogen-bond acceptors (Lipinski definition) is 5. The molecule has 0 radical (unpaired) electrons. The van der Waals surface area contributed by atoms with E-state index in [0.29, 0.717) is 12.1 Å². The average molecular weight is 330 g/mol. The van der Waals surface area contributed by atoms with E-state index in [9.17, 15) is 20.3 Å². The zero-order valence-electron chi connectivity index (χ0n) is 13.8. The molecule has 2 atom stereocenters. The lowest BCUT2D eigenvalue weighted by atomic mass is 10.0. The summed E-state index contributed by atoms with van der Waals surface area (Å²) in [7, 11) is 0. The van der Waals surface area contributed by atoms with Crippen LogP contribution in [0.5, 0.6) is 0 Å². The fourth-order valence-electron chi connectivity index (χ4n) is 2.72. The molecule has 0 saturated carbocycles. The number of hydrogen-bond donors (Lipinski definition) is 3. The number of nitrogens with one attached hydrogen (secondary N) is 1. The highest BCUT2D eigenvalue weighted by molar-refractivity contribution is 5.34. The summed E-state index contributed by atoms with van der Waals surface area (Å²) in [6.45, 7) is 4.30. The first kappa shape index (κ1) is 18.1. The van der Waals surface area contributed by atoms with E-state index in [-0.39, 0.29) is 12.3 Å². The van der Waals surface area contributed by atoms with Crippen molar-refractivity contribution >= 4 is 5.69 Å². The number of benzene rings is 2. The van der Waals surface area contributed by atoms with Gasteiger partial charge < -0.3 is 15.5 Å². The molecule has 6 nitrogen and oxygen atoms in total. The maximum atomic E-state index is 10.7. The predicted octanol–water partition coefficient (Wildman–Crippen LogP) is 2.40. The van der Waals surface area contributed by atoms with Gasteiger partial charge in [0.05, 0.1) is 23.7 Å². The van der Waals surface area contributed by atoms with Crippen molar-refractivity contribution < 1.29 is 15.1 Å². The molecule has 3 N–H and O–H groups in total. The molecule has 2 rings (SSSR count). The minimum atomic E-state index is -0.957. The average Bonchev–Trinajstić information content (AvgIpc) is 2.54. The number of aryl methyl sites for hydroxylation is 2. The lowest BCUT2D eigenvalue weighted by Crippen LogP contribution is -2.37. The molecule has 0 fully saturated rings. The number of non-ortho nitro benzene ring substituents is 1. The van der Waals surface area contributed by atoms with Crippen LogP contribution in [0.25, 0.3) is 0 Å². The summed E-state index contributed by atoms with van der Waals surface area (Å²) in [6, 6.07) is 11.3. The van der Waals surface area contributed by atoms with E-state index in [1.807, 2.05) is 26.0 Å². The van der Waals surface area contributed by atoms with Crippen molar-refractivity contribution in [2.45, 2.75) is 32.5 Å². The van der Waals surface area contributed by atoms with Crippen LogP contribution < -0.4 is 5.32 Å². The number of nitrogens with zero attached hydrogens (tertiary/aromatic N) is 1. The van der Waals surface area contributed by atoms with E-state index < -0.39 is 17.1 Å². The van der Waals surface area contributed by atoms with Crippen LogP contribution in [0.2, 0.25) is 0 Å². The second kappa shape index (κ2) is 8.01. The fraction of sp³-hybridized carbons (Fsp3) is 0.333. The van der Waals surface area contributed by atoms with Gasteiger partial charge in [-0.3, -0.25) is 10.1 Å². The lowest BCUT2D eigenvalue weighted by Gasteiger charge is -2.23. The van der Waals surface area contributed by atoms with Gasteiger partial charge >= 0.3 is 0 Å². The van der Waals surface area contributed by atoms with Gasteiger partial charge in [-0.2, -0.15) is 0 Å². The summed E-state index contributed by atoms with van der Waals surface area (Å²) in [4.78, 5) is 10.2. The first-order valence-electron chi connectivity index (χ1n) is 7.74. The Morgan fingerprint density at radius 2 is 1.71 bits per heavy atom. The lowest BCUT2D eigenvalue weighted by molar-refractivity contribution is -0.384. The van der Waals surface area contributed by atoms with Crippen LogP contribution in [0.1, 0.15) is 28.4 Å². The Bertz CT molecular complexity index is 680. The molecule has 0 bridgehead atoms. The molecule has 2 aromatic rings. The highest BCUT2D eigenvalue weighted by atomic mass is 16.6. The molecule has 0 saturated heterocycles. The molecule has 0 aliphatic heterocycles. The number of nitro groups is 1. The predicted molar refractivity (Wildman–Crippen MR) is 91.7 cm³/mol. The van der Waals surface area contributed by atoms with Gasteiger partial charge in [-0.25, -0.2) is 0 Å². The van der Waals surface area contributed by atoms with Crippen LogP contribution >= 0.6 is 0 Å². The van der Waals surface area contributed by atoms with Crippen LogP contribution in [0.3, 0.4) is 0 Å². The van der Waals surface area contributed by atoms with Gasteiger partial charge in [-0.05, 0) is 37.1 Å². The molecule has 0 amide bonds. The molecule has 0 aliphatic rings. The topological polar surface area (TPSA) is 95.6 Å². The van der Waals surface area contributed by atoms with Gasteiger partial charge in [0, 0.05) is 18.7 Å². The molecular weight excluding hydrogens is 308 g/mol. The Hall–Kier alpha value is -2.28. The quantitative estimate of drug-likeness (QED) is 0.535. The van der Waals surface area contributed by atoms with Crippen LogP contribution in [0.15, 0.2) is 42.5 Å². The molecule has 2 unspecified atom stereocenters. The van der Waals surface area contributed by atoms with Crippen LogP contribution in [0.4, 0.5) is 5.69 Å². The van der Waals surface area contributed by atoms with E-state index in [1.165, 1.54) is 24.3 Å². The molecule has 0 aliphatic carbocycles. The van der Waals surface area contributed by atoms with Crippen LogP contribution in [-0.2, 0) is 6.54 Å². The van der Waals surface area contributed by atoms with Gasteiger partial charge in [0.1, 0.15) is 0 Å². The molecule has 0 spiro atoms. The van der Waals surface area contributed by atoms with Crippen molar-refractivity contribution in [3.63, 3.8) is 0 Å². The third-order valence-corrected chi connectivity index (χ3v) is 3.87. The second-order valence-electron chi connectivity index (χ2n) is 5.96. The van der Waals surface area contributed by atoms with E-state index in [2.05, 4.69) is 11.4 Å². The van der Waals surface area contributed by atoms with Gasteiger partial charge in [0.15, 0.2) is 0 Å². The molecule has 0 heterocycles. The largest absolute Gasteiger partial charge is 0.395 e. The standard InChI is InChI=1S/C18H22N2O4/c1-12-7-13(2)9-14(8-12)10-19-17(11-21)18(22)15-3-5-16(6-4-15)20(23)24/h3-9,17-19,21-22H,10-11H2,1-2H3. The SMILES string of the molecule is Cc1cc(C)cc(CNC(CO)C(O)c2ccc([N+](=O)[O-])cc2)c1. The van der Waals surface area contributed by atoms with Gasteiger partial charge in [0.2, 0.25) is 0 Å². The Kier molecular flexibility index (Phi) is 6.03. The van der Waals surface area contributed by atoms with Crippen LogP contribution in [-0.4, -0.2) is 27.8 Å². The summed E-state index contributed by atoms with van der Waals surface area (Å²) in [6.07, 6.45) is -0.957. The smallest absolute Gasteiger partial charge is 0.269 e. The number of aliphatic hydroxyl groups is 2. The highest BCUT2D eigenvalue weighted by Crippen LogP contribution is 2.21. The Labute approximate surface area is 140 Å². The summed E-state index contributed by atoms with van der Waals surface area (Å²) < 4.78 is 0. The van der Waals surface area contributed by atoms with E-state index in [0.717, 1.165) is 16.7 Å². The van der Waals surface area contributed by atoms with Crippen molar-refractivity contribution in [3.05, 3.63) is 74.8 Å². The summed E-state index contributed by atoms with van der Waals surface area (Å²) >= 11 is 0. The summed E-state index contributed by atoms with van der Waals surface area (Å²) in [5.74, 6) is 0. The van der Waals surface area contributed by atoms with Crippen molar-refractivity contribution in [2.75, 3.05) is 6.61 Å². The second-order valence-corrected chi connectivity index (χ2v) is 5.96. The Morgan fingerprint density at radius 3 is 2.21 bits per heavy atom. The maximum absolute atomic E-state index is 10.7. The van der Waals surface area contributed by atoms with E-state index in [1.54, 1.807) is 0 Å². The first-order chi connectivity index (χ1) is 11.4. The number of nitro benzene ring substituents is 1. The molecule has 0 aromatic heterocycles. The summed E-state index contributed by atoms with van der Waals surface area (Å²) in [5.41, 5.74) is 3.87. The Morgan fingerprint density at radius 1 is 1.12 bits per heavy atom. The third kappa shape index (κ3) is 4.61. The fourth-order valence-corrected chi connectivity index (χ4v) is 2.72. The van der Waals surface area contributed by atoms with Gasteiger partial charge in [0.25, 0.3) is 5.69 Å². The number of aliphatic hydroxyl groups excluding tert-OH is 2. The molecule has 128 valence electrons. The maximum Gasteiger partial charge on any atom is 0.269 e. The molecular formula is C18H22N2O4. The number of rotatable bonds is 7. The Balaban J connectivity index is 2.05. The van der Waals surface area contributed by atoms with Crippen molar-refractivity contribution in [1.29, 1.82) is 0 Å². The zero-order chi connectivity index (χ0) is 17.7. The highest BCUT2D eigenvalue weighted by Gasteiger charge is 2.20. The summed E-state index contributed by atoms with van der Waals surface area (Å²) in [5, 5.41) is 33.8. The van der Waals surface area contributed by atoms with Crippen molar-refractivity contribution in [2.24, 2.45) is 0 Å². The minimum absolute atomic E-state index is 0.0327. The minimum Gasteiger partial charge on any atom is -0.395 e. The first-order valence-corrected chi connectivity index (χ1v) is 7.74. The molecule has 24 heavy (non-hydrogen) atoms. The van der Waals surface area contributed by atoms with E-state index >= 15 is 0 Å². The third-order valence-electron chi connectivity index (χ3n) is 3.87. The normalized spacial score (nSPS) is 13.5. The van der Waals surface area contributed by atoms with Crippen molar-refractivity contribution in [1.82, 2.24) is 5.32 Å². The molecule has 6 heteroatoms.